The standard InChI is InChI=1S/C18H18BrN3/c1-14(17-5-2-3-6-18(17)19)20-13-15-7-9-16(10-8-15)22-12-4-11-21-22/h2-12,14,20H,13H2,1H3. The first-order chi connectivity index (χ1) is 10.7. The topological polar surface area (TPSA) is 29.9 Å². The summed E-state index contributed by atoms with van der Waals surface area (Å²) in [5, 5.41) is 7.79. The minimum atomic E-state index is 0.293. The van der Waals surface area contributed by atoms with Gasteiger partial charge in [-0.1, -0.05) is 46.3 Å². The molecule has 0 spiro atoms. The SMILES string of the molecule is CC(NCc1ccc(-n2cccn2)cc1)c1ccccc1Br. The molecule has 1 atom stereocenters. The van der Waals surface area contributed by atoms with Crippen molar-refractivity contribution in [2.75, 3.05) is 0 Å². The van der Waals surface area contributed by atoms with Crippen LogP contribution in [0.5, 0.6) is 0 Å². The number of nitrogens with zero attached hydrogens (tertiary/aromatic N) is 2. The van der Waals surface area contributed by atoms with Gasteiger partial charge in [0, 0.05) is 29.5 Å². The Morgan fingerprint density at radius 3 is 2.55 bits per heavy atom. The smallest absolute Gasteiger partial charge is 0.0645 e. The van der Waals surface area contributed by atoms with E-state index in [0.717, 1.165) is 16.7 Å². The van der Waals surface area contributed by atoms with E-state index in [1.165, 1.54) is 11.1 Å². The second-order valence-corrected chi connectivity index (χ2v) is 6.10. The summed E-state index contributed by atoms with van der Waals surface area (Å²) < 4.78 is 3.00. The van der Waals surface area contributed by atoms with Crippen LogP contribution in [0.4, 0.5) is 0 Å². The maximum atomic E-state index is 4.24. The molecule has 0 aliphatic rings. The third kappa shape index (κ3) is 3.46. The number of hydrogen-bond acceptors (Lipinski definition) is 2. The highest BCUT2D eigenvalue weighted by Gasteiger charge is 2.08. The van der Waals surface area contributed by atoms with Gasteiger partial charge in [-0.15, -0.1) is 0 Å². The zero-order chi connectivity index (χ0) is 15.4. The number of halogens is 1. The lowest BCUT2D eigenvalue weighted by Gasteiger charge is -2.16. The van der Waals surface area contributed by atoms with E-state index in [0.29, 0.717) is 6.04 Å². The predicted molar refractivity (Wildman–Crippen MR) is 93.0 cm³/mol. The molecule has 0 aliphatic heterocycles. The van der Waals surface area contributed by atoms with Gasteiger partial charge in [0.25, 0.3) is 0 Å². The number of benzene rings is 2. The highest BCUT2D eigenvalue weighted by atomic mass is 79.9. The normalized spacial score (nSPS) is 12.3. The van der Waals surface area contributed by atoms with E-state index < -0.39 is 0 Å². The van der Waals surface area contributed by atoms with Gasteiger partial charge in [-0.05, 0) is 42.3 Å². The third-order valence-corrected chi connectivity index (χ3v) is 4.41. The Morgan fingerprint density at radius 2 is 1.86 bits per heavy atom. The fraction of sp³-hybridized carbons (Fsp3) is 0.167. The van der Waals surface area contributed by atoms with Crippen molar-refractivity contribution >= 4 is 15.9 Å². The molecule has 0 amide bonds. The lowest BCUT2D eigenvalue weighted by molar-refractivity contribution is 0.573. The first-order valence-corrected chi connectivity index (χ1v) is 8.10. The van der Waals surface area contributed by atoms with Gasteiger partial charge in [-0.2, -0.15) is 5.10 Å². The Balaban J connectivity index is 1.63. The fourth-order valence-corrected chi connectivity index (χ4v) is 3.02. The van der Waals surface area contributed by atoms with Crippen molar-refractivity contribution < 1.29 is 0 Å². The molecule has 1 unspecified atom stereocenters. The van der Waals surface area contributed by atoms with Crippen LogP contribution >= 0.6 is 15.9 Å². The average molecular weight is 356 g/mol. The van der Waals surface area contributed by atoms with E-state index in [9.17, 15) is 0 Å². The van der Waals surface area contributed by atoms with Gasteiger partial charge < -0.3 is 5.32 Å². The summed E-state index contributed by atoms with van der Waals surface area (Å²) in [6, 6.07) is 19.0. The Labute approximate surface area is 139 Å². The molecule has 0 saturated carbocycles. The first-order valence-electron chi connectivity index (χ1n) is 7.31. The van der Waals surface area contributed by atoms with Crippen molar-refractivity contribution in [1.82, 2.24) is 15.1 Å². The van der Waals surface area contributed by atoms with Gasteiger partial charge in [-0.3, -0.25) is 0 Å². The van der Waals surface area contributed by atoms with Crippen LogP contribution in [0, 0.1) is 0 Å². The summed E-state index contributed by atoms with van der Waals surface area (Å²) in [7, 11) is 0. The molecule has 0 radical (unpaired) electrons. The molecule has 1 heterocycles. The molecule has 0 saturated heterocycles. The Bertz CT molecular complexity index is 720. The van der Waals surface area contributed by atoms with Crippen molar-refractivity contribution in [2.24, 2.45) is 0 Å². The van der Waals surface area contributed by atoms with Crippen LogP contribution in [0.2, 0.25) is 0 Å². The molecule has 4 heteroatoms. The summed E-state index contributed by atoms with van der Waals surface area (Å²) >= 11 is 3.60. The van der Waals surface area contributed by atoms with Crippen LogP contribution in [0.1, 0.15) is 24.1 Å². The maximum Gasteiger partial charge on any atom is 0.0645 e. The van der Waals surface area contributed by atoms with Gasteiger partial charge in [-0.25, -0.2) is 4.68 Å². The molecule has 0 bridgehead atoms. The van der Waals surface area contributed by atoms with Crippen molar-refractivity contribution in [1.29, 1.82) is 0 Å². The number of aromatic nitrogens is 2. The van der Waals surface area contributed by atoms with Crippen LogP contribution in [-0.2, 0) is 6.54 Å². The minimum Gasteiger partial charge on any atom is -0.306 e. The zero-order valence-electron chi connectivity index (χ0n) is 12.4. The monoisotopic (exact) mass is 355 g/mol. The van der Waals surface area contributed by atoms with Gasteiger partial charge in [0.05, 0.1) is 5.69 Å². The first kappa shape index (κ1) is 15.0. The summed E-state index contributed by atoms with van der Waals surface area (Å²) in [6.07, 6.45) is 3.73. The molecule has 3 nitrogen and oxygen atoms in total. The molecular formula is C18H18BrN3. The molecule has 1 aromatic heterocycles. The quantitative estimate of drug-likeness (QED) is 0.730. The van der Waals surface area contributed by atoms with Crippen molar-refractivity contribution in [3.05, 3.63) is 82.6 Å². The van der Waals surface area contributed by atoms with Gasteiger partial charge in [0.1, 0.15) is 0 Å². The molecular weight excluding hydrogens is 338 g/mol. The van der Waals surface area contributed by atoms with E-state index in [1.807, 2.05) is 23.0 Å². The largest absolute Gasteiger partial charge is 0.306 e. The lowest BCUT2D eigenvalue weighted by Crippen LogP contribution is -2.18. The molecule has 112 valence electrons. The molecule has 0 fully saturated rings. The highest BCUT2D eigenvalue weighted by molar-refractivity contribution is 9.10. The molecule has 22 heavy (non-hydrogen) atoms. The molecule has 3 aromatic rings. The van der Waals surface area contributed by atoms with E-state index in [1.54, 1.807) is 6.20 Å². The van der Waals surface area contributed by atoms with Crippen molar-refractivity contribution in [3.8, 4) is 5.69 Å². The summed E-state index contributed by atoms with van der Waals surface area (Å²) in [6.45, 7) is 3.01. The lowest BCUT2D eigenvalue weighted by atomic mass is 10.1. The van der Waals surface area contributed by atoms with Crippen molar-refractivity contribution in [3.63, 3.8) is 0 Å². The van der Waals surface area contributed by atoms with Crippen LogP contribution in [-0.4, -0.2) is 9.78 Å². The Kier molecular flexibility index (Phi) is 4.71. The second kappa shape index (κ2) is 6.90. The zero-order valence-corrected chi connectivity index (χ0v) is 14.0. The predicted octanol–water partition coefficient (Wildman–Crippen LogP) is 4.49. The van der Waals surface area contributed by atoms with Crippen LogP contribution < -0.4 is 5.32 Å². The van der Waals surface area contributed by atoms with Crippen LogP contribution in [0.25, 0.3) is 5.69 Å². The van der Waals surface area contributed by atoms with E-state index >= 15 is 0 Å². The van der Waals surface area contributed by atoms with E-state index in [4.69, 9.17) is 0 Å². The second-order valence-electron chi connectivity index (χ2n) is 5.24. The maximum absolute atomic E-state index is 4.24. The third-order valence-electron chi connectivity index (χ3n) is 3.69. The van der Waals surface area contributed by atoms with E-state index in [2.05, 4.69) is 75.7 Å². The fourth-order valence-electron chi connectivity index (χ4n) is 2.40. The average Bonchev–Trinajstić information content (AvgIpc) is 3.08. The summed E-state index contributed by atoms with van der Waals surface area (Å²) in [5.74, 6) is 0. The molecule has 1 N–H and O–H groups in total. The number of nitrogens with one attached hydrogen (secondary N) is 1. The number of rotatable bonds is 5. The molecule has 3 rings (SSSR count). The van der Waals surface area contributed by atoms with Crippen LogP contribution in [0.15, 0.2) is 71.5 Å². The van der Waals surface area contributed by atoms with Gasteiger partial charge in [0.15, 0.2) is 0 Å². The van der Waals surface area contributed by atoms with Crippen LogP contribution in [0.3, 0.4) is 0 Å². The summed E-state index contributed by atoms with van der Waals surface area (Å²) in [5.41, 5.74) is 3.61. The summed E-state index contributed by atoms with van der Waals surface area (Å²) in [4.78, 5) is 0. The highest BCUT2D eigenvalue weighted by Crippen LogP contribution is 2.23. The molecule has 2 aromatic carbocycles. The van der Waals surface area contributed by atoms with Gasteiger partial charge in [0.2, 0.25) is 0 Å². The van der Waals surface area contributed by atoms with Gasteiger partial charge >= 0.3 is 0 Å². The van der Waals surface area contributed by atoms with Crippen molar-refractivity contribution in [2.45, 2.75) is 19.5 Å². The number of hydrogen-bond donors (Lipinski definition) is 1. The Hall–Kier alpha value is -1.91. The minimum absolute atomic E-state index is 0.293. The van der Waals surface area contributed by atoms with E-state index in [-0.39, 0.29) is 0 Å². The molecule has 0 aliphatic carbocycles. The Morgan fingerprint density at radius 1 is 1.09 bits per heavy atom.